The van der Waals surface area contributed by atoms with Crippen LogP contribution in [0, 0.1) is 0 Å². The molecule has 160 valence electrons. The summed E-state index contributed by atoms with van der Waals surface area (Å²) in [7, 11) is 0. The van der Waals surface area contributed by atoms with Crippen LogP contribution < -0.4 is 10.2 Å². The molecule has 2 aliphatic rings. The second-order valence-corrected chi connectivity index (χ2v) is 8.27. The van der Waals surface area contributed by atoms with Crippen LogP contribution in [0.5, 0.6) is 0 Å². The Balaban J connectivity index is 1.31. The van der Waals surface area contributed by atoms with E-state index in [1.165, 1.54) is 11.3 Å². The van der Waals surface area contributed by atoms with Crippen LogP contribution in [0.2, 0.25) is 0 Å². The Morgan fingerprint density at radius 2 is 1.88 bits per heavy atom. The van der Waals surface area contributed by atoms with E-state index < -0.39 is 0 Å². The van der Waals surface area contributed by atoms with Crippen LogP contribution in [0.25, 0.3) is 16.9 Å². The molecule has 1 N–H and O–H groups in total. The summed E-state index contributed by atoms with van der Waals surface area (Å²) in [4.78, 5) is 16.4. The van der Waals surface area contributed by atoms with Gasteiger partial charge in [-0.3, -0.25) is 4.99 Å². The quantitative estimate of drug-likeness (QED) is 0.518. The first kappa shape index (κ1) is 19.0. The molecule has 32 heavy (non-hydrogen) atoms. The van der Waals surface area contributed by atoms with Gasteiger partial charge in [-0.2, -0.15) is 0 Å². The highest BCUT2D eigenvalue weighted by atomic mass is 16.5. The van der Waals surface area contributed by atoms with Crippen molar-refractivity contribution >= 4 is 34.2 Å². The van der Waals surface area contributed by atoms with Gasteiger partial charge in [0.2, 0.25) is 0 Å². The Hall–Kier alpha value is -3.71. The molecular weight excluding hydrogens is 400 g/mol. The fraction of sp³-hybridized carbons (Fsp3) is 0.240. The van der Waals surface area contributed by atoms with E-state index in [1.807, 2.05) is 16.8 Å². The van der Waals surface area contributed by atoms with E-state index in [4.69, 9.17) is 9.72 Å². The van der Waals surface area contributed by atoms with E-state index in [0.717, 1.165) is 72.5 Å². The molecular formula is C25H24N6O. The van der Waals surface area contributed by atoms with Crippen molar-refractivity contribution in [3.05, 3.63) is 66.6 Å². The van der Waals surface area contributed by atoms with E-state index >= 15 is 0 Å². The molecule has 2 aromatic heterocycles. The van der Waals surface area contributed by atoms with Gasteiger partial charge in [0.1, 0.15) is 0 Å². The van der Waals surface area contributed by atoms with Gasteiger partial charge in [0, 0.05) is 60.8 Å². The van der Waals surface area contributed by atoms with Crippen LogP contribution in [0.3, 0.4) is 0 Å². The number of aromatic nitrogens is 3. The zero-order chi connectivity index (χ0) is 21.5. The predicted molar refractivity (Wildman–Crippen MR) is 128 cm³/mol. The van der Waals surface area contributed by atoms with Crippen LogP contribution in [-0.2, 0) is 11.2 Å². The minimum Gasteiger partial charge on any atom is -0.378 e. The lowest BCUT2D eigenvalue weighted by Gasteiger charge is -2.28. The fourth-order valence-electron chi connectivity index (χ4n) is 4.38. The number of hydrogen-bond donors (Lipinski definition) is 1. The lowest BCUT2D eigenvalue weighted by molar-refractivity contribution is 0.122. The molecule has 6 rings (SSSR count). The Bertz CT molecular complexity index is 1320. The van der Waals surface area contributed by atoms with Crippen molar-refractivity contribution in [3.63, 3.8) is 0 Å². The first-order valence-corrected chi connectivity index (χ1v) is 10.9. The van der Waals surface area contributed by atoms with Crippen LogP contribution in [-0.4, -0.2) is 46.4 Å². The summed E-state index contributed by atoms with van der Waals surface area (Å²) in [6, 6.07) is 14.8. The Morgan fingerprint density at radius 1 is 1.03 bits per heavy atom. The van der Waals surface area contributed by atoms with Crippen LogP contribution in [0.1, 0.15) is 12.5 Å². The molecule has 2 aliphatic heterocycles. The van der Waals surface area contributed by atoms with Crippen LogP contribution in [0.4, 0.5) is 22.9 Å². The third kappa shape index (κ3) is 3.50. The largest absolute Gasteiger partial charge is 0.378 e. The molecule has 7 heteroatoms. The van der Waals surface area contributed by atoms with Crippen molar-refractivity contribution in [3.8, 4) is 11.3 Å². The molecule has 2 aromatic carbocycles. The van der Waals surface area contributed by atoms with Gasteiger partial charge in [-0.25, -0.2) is 9.97 Å². The molecule has 0 amide bonds. The predicted octanol–water partition coefficient (Wildman–Crippen LogP) is 4.63. The number of hydrogen-bond acceptors (Lipinski definition) is 6. The standard InChI is InChI=1S/C25H24N6O/c1-17-14-19-15-18(2-7-22(19)27-17)23-16-31-9-8-26-25(31)24(29-23)28-20-3-5-21(6-4-20)30-10-12-32-13-11-30/h2-9,15-16H,10-14H2,1H3,(H,28,29). The van der Waals surface area contributed by atoms with Gasteiger partial charge in [-0.1, -0.05) is 6.07 Å². The molecule has 0 aliphatic carbocycles. The zero-order valence-electron chi connectivity index (χ0n) is 18.0. The number of anilines is 3. The maximum absolute atomic E-state index is 5.46. The Kier molecular flexibility index (Phi) is 4.61. The van der Waals surface area contributed by atoms with Crippen molar-refractivity contribution in [1.29, 1.82) is 0 Å². The molecule has 0 saturated carbocycles. The molecule has 0 atom stereocenters. The van der Waals surface area contributed by atoms with E-state index in [2.05, 4.69) is 69.6 Å². The monoisotopic (exact) mass is 424 g/mol. The summed E-state index contributed by atoms with van der Waals surface area (Å²) >= 11 is 0. The third-order valence-corrected chi connectivity index (χ3v) is 6.01. The average molecular weight is 425 g/mol. The molecule has 1 fully saturated rings. The summed E-state index contributed by atoms with van der Waals surface area (Å²) < 4.78 is 7.47. The van der Waals surface area contributed by atoms with Crippen LogP contribution >= 0.6 is 0 Å². The van der Waals surface area contributed by atoms with E-state index in [9.17, 15) is 0 Å². The van der Waals surface area contributed by atoms with Crippen molar-refractivity contribution in [2.45, 2.75) is 13.3 Å². The maximum Gasteiger partial charge on any atom is 0.180 e. The number of imidazole rings is 1. The van der Waals surface area contributed by atoms with Crippen LogP contribution in [0.15, 0.2) is 66.0 Å². The molecule has 7 nitrogen and oxygen atoms in total. The van der Waals surface area contributed by atoms with Gasteiger partial charge in [0.05, 0.1) is 24.6 Å². The molecule has 0 bridgehead atoms. The lowest BCUT2D eigenvalue weighted by Crippen LogP contribution is -2.36. The SMILES string of the molecule is CC1=Nc2ccc(-c3cn4ccnc4c(Nc4ccc(N5CCOCC5)cc4)n3)cc2C1. The first-order chi connectivity index (χ1) is 15.7. The average Bonchev–Trinajstić information content (AvgIpc) is 3.45. The summed E-state index contributed by atoms with van der Waals surface area (Å²) in [5.41, 5.74) is 8.43. The number of ether oxygens (including phenoxy) is 1. The summed E-state index contributed by atoms with van der Waals surface area (Å²) in [5, 5.41) is 3.47. The smallest absolute Gasteiger partial charge is 0.180 e. The highest BCUT2D eigenvalue weighted by Crippen LogP contribution is 2.32. The summed E-state index contributed by atoms with van der Waals surface area (Å²) in [6.07, 6.45) is 6.68. The summed E-state index contributed by atoms with van der Waals surface area (Å²) in [5.74, 6) is 0.736. The lowest BCUT2D eigenvalue weighted by atomic mass is 10.0. The molecule has 0 radical (unpaired) electrons. The number of aliphatic imine (C=N–C) groups is 1. The van der Waals surface area contributed by atoms with Crippen molar-refractivity contribution in [1.82, 2.24) is 14.4 Å². The van der Waals surface area contributed by atoms with Gasteiger partial charge in [-0.05, 0) is 48.9 Å². The Morgan fingerprint density at radius 3 is 2.72 bits per heavy atom. The van der Waals surface area contributed by atoms with Gasteiger partial charge >= 0.3 is 0 Å². The van der Waals surface area contributed by atoms with E-state index in [-0.39, 0.29) is 0 Å². The summed E-state index contributed by atoms with van der Waals surface area (Å²) in [6.45, 7) is 5.49. The van der Waals surface area contributed by atoms with Gasteiger partial charge in [0.15, 0.2) is 11.5 Å². The second-order valence-electron chi connectivity index (χ2n) is 8.27. The Labute approximate surface area is 186 Å². The first-order valence-electron chi connectivity index (χ1n) is 10.9. The number of fused-ring (bicyclic) bond motifs is 2. The normalized spacial score (nSPS) is 15.7. The number of rotatable bonds is 4. The third-order valence-electron chi connectivity index (χ3n) is 6.01. The van der Waals surface area contributed by atoms with Crippen molar-refractivity contribution < 1.29 is 4.74 Å². The van der Waals surface area contributed by atoms with E-state index in [1.54, 1.807) is 6.20 Å². The topological polar surface area (TPSA) is 67.0 Å². The number of nitrogens with zero attached hydrogens (tertiary/aromatic N) is 5. The fourth-order valence-corrected chi connectivity index (χ4v) is 4.38. The van der Waals surface area contributed by atoms with E-state index in [0.29, 0.717) is 0 Å². The maximum atomic E-state index is 5.46. The molecule has 0 unspecified atom stereocenters. The van der Waals surface area contributed by atoms with Gasteiger partial charge in [-0.15, -0.1) is 0 Å². The number of morpholine rings is 1. The molecule has 4 aromatic rings. The van der Waals surface area contributed by atoms with Gasteiger partial charge < -0.3 is 19.4 Å². The minimum atomic E-state index is 0.736. The zero-order valence-corrected chi connectivity index (χ0v) is 18.0. The highest BCUT2D eigenvalue weighted by molar-refractivity contribution is 5.92. The number of benzene rings is 2. The van der Waals surface area contributed by atoms with Gasteiger partial charge in [0.25, 0.3) is 0 Å². The van der Waals surface area contributed by atoms with Crippen molar-refractivity contribution in [2.75, 3.05) is 36.5 Å². The highest BCUT2D eigenvalue weighted by Gasteiger charge is 2.15. The van der Waals surface area contributed by atoms with Crippen molar-refractivity contribution in [2.24, 2.45) is 4.99 Å². The molecule has 1 saturated heterocycles. The molecule has 4 heterocycles. The second kappa shape index (κ2) is 7.76. The molecule has 0 spiro atoms. The minimum absolute atomic E-state index is 0.736. The number of nitrogens with one attached hydrogen (secondary N) is 1.